The molecule has 0 aromatic rings. The zero-order valence-corrected chi connectivity index (χ0v) is 14.9. The quantitative estimate of drug-likeness (QED) is 0.652. The summed E-state index contributed by atoms with van der Waals surface area (Å²) in [5.41, 5.74) is 0. The fourth-order valence-electron chi connectivity index (χ4n) is 3.48. The summed E-state index contributed by atoms with van der Waals surface area (Å²) in [6.45, 7) is 11.0. The van der Waals surface area contributed by atoms with Gasteiger partial charge < -0.3 is 9.80 Å². The molecular weight excluding hydrogens is 260 g/mol. The van der Waals surface area contributed by atoms with E-state index in [0.717, 1.165) is 51.4 Å². The molecule has 0 aromatic heterocycles. The van der Waals surface area contributed by atoms with Gasteiger partial charge in [0.1, 0.15) is 5.78 Å². The second-order valence-corrected chi connectivity index (χ2v) is 7.55. The Morgan fingerprint density at radius 1 is 1.24 bits per heavy atom. The summed E-state index contributed by atoms with van der Waals surface area (Å²) >= 11 is 0. The van der Waals surface area contributed by atoms with Gasteiger partial charge in [-0.1, -0.05) is 33.6 Å². The fraction of sp³-hybridized carbons (Fsp3) is 0.944. The van der Waals surface area contributed by atoms with E-state index in [1.165, 1.54) is 12.8 Å². The third kappa shape index (κ3) is 7.42. The van der Waals surface area contributed by atoms with Crippen molar-refractivity contribution in [3.05, 3.63) is 0 Å². The first kappa shape index (κ1) is 18.6. The number of hydrogen-bond acceptors (Lipinski definition) is 3. The van der Waals surface area contributed by atoms with E-state index in [1.807, 2.05) is 0 Å². The molecule has 3 nitrogen and oxygen atoms in total. The average molecular weight is 296 g/mol. The Morgan fingerprint density at radius 3 is 2.52 bits per heavy atom. The van der Waals surface area contributed by atoms with Gasteiger partial charge in [0.2, 0.25) is 0 Å². The summed E-state index contributed by atoms with van der Waals surface area (Å²) in [4.78, 5) is 17.0. The number of carbonyl (C=O) groups is 1. The maximum absolute atomic E-state index is 12.3. The minimum atomic E-state index is 0.288. The molecule has 0 heterocycles. The van der Waals surface area contributed by atoms with Crippen molar-refractivity contribution in [2.24, 2.45) is 17.8 Å². The normalized spacial score (nSPS) is 23.5. The average Bonchev–Trinajstić information content (AvgIpc) is 2.39. The molecule has 124 valence electrons. The highest BCUT2D eigenvalue weighted by Crippen LogP contribution is 2.30. The topological polar surface area (TPSA) is 23.6 Å². The molecule has 0 aromatic carbocycles. The molecule has 2 unspecified atom stereocenters. The molecule has 0 aliphatic heterocycles. The minimum Gasteiger partial charge on any atom is -0.308 e. The highest BCUT2D eigenvalue weighted by atomic mass is 16.1. The number of likely N-dealkylation sites (N-methyl/N-ethyl adjacent to an activating group) is 1. The van der Waals surface area contributed by atoms with Gasteiger partial charge in [0.05, 0.1) is 0 Å². The summed E-state index contributed by atoms with van der Waals surface area (Å²) in [6.07, 6.45) is 5.63. The van der Waals surface area contributed by atoms with E-state index in [-0.39, 0.29) is 5.92 Å². The zero-order valence-electron chi connectivity index (χ0n) is 14.9. The van der Waals surface area contributed by atoms with Crippen LogP contribution in [0.1, 0.15) is 52.9 Å². The summed E-state index contributed by atoms with van der Waals surface area (Å²) in [5, 5.41) is 0. The molecule has 0 saturated heterocycles. The van der Waals surface area contributed by atoms with Crippen LogP contribution in [0.4, 0.5) is 0 Å². The van der Waals surface area contributed by atoms with Crippen LogP contribution in [-0.2, 0) is 4.79 Å². The van der Waals surface area contributed by atoms with Gasteiger partial charge in [-0.05, 0) is 38.8 Å². The van der Waals surface area contributed by atoms with Crippen molar-refractivity contribution in [2.75, 3.05) is 40.3 Å². The smallest absolute Gasteiger partial charge is 0.137 e. The van der Waals surface area contributed by atoms with Gasteiger partial charge in [-0.2, -0.15) is 0 Å². The molecule has 0 radical (unpaired) electrons. The van der Waals surface area contributed by atoms with E-state index in [0.29, 0.717) is 11.7 Å². The van der Waals surface area contributed by atoms with Crippen molar-refractivity contribution in [1.29, 1.82) is 0 Å². The minimum absolute atomic E-state index is 0.288. The lowest BCUT2D eigenvalue weighted by Crippen LogP contribution is -2.41. The van der Waals surface area contributed by atoms with Crippen molar-refractivity contribution >= 4 is 5.78 Å². The van der Waals surface area contributed by atoms with Crippen LogP contribution in [0, 0.1) is 17.8 Å². The SMILES string of the molecule is CCCC1CCC(=O)C(CN(CCN(C)C)CC(C)C)C1. The Labute approximate surface area is 132 Å². The van der Waals surface area contributed by atoms with E-state index in [2.05, 4.69) is 44.7 Å². The third-order valence-electron chi connectivity index (χ3n) is 4.53. The molecule has 0 N–H and O–H groups in total. The standard InChI is InChI=1S/C18H36N2O/c1-6-7-16-8-9-18(21)17(12-16)14-20(13-15(2)3)11-10-19(4)5/h15-17H,6-14H2,1-5H3. The lowest BCUT2D eigenvalue weighted by molar-refractivity contribution is -0.126. The summed E-state index contributed by atoms with van der Waals surface area (Å²) in [6, 6.07) is 0. The van der Waals surface area contributed by atoms with Crippen LogP contribution >= 0.6 is 0 Å². The van der Waals surface area contributed by atoms with Crippen molar-refractivity contribution < 1.29 is 4.79 Å². The lowest BCUT2D eigenvalue weighted by Gasteiger charge is -2.33. The molecule has 0 amide bonds. The summed E-state index contributed by atoms with van der Waals surface area (Å²) in [5.74, 6) is 2.25. The summed E-state index contributed by atoms with van der Waals surface area (Å²) < 4.78 is 0. The Bertz CT molecular complexity index is 302. The summed E-state index contributed by atoms with van der Waals surface area (Å²) in [7, 11) is 4.24. The van der Waals surface area contributed by atoms with E-state index < -0.39 is 0 Å². The Kier molecular flexibility index (Phi) is 8.50. The number of Topliss-reactive ketones (excluding diaryl/α,β-unsaturated/α-hetero) is 1. The van der Waals surface area contributed by atoms with Gasteiger partial charge in [0.15, 0.2) is 0 Å². The predicted molar refractivity (Wildman–Crippen MR) is 90.6 cm³/mol. The van der Waals surface area contributed by atoms with Crippen LogP contribution in [0.25, 0.3) is 0 Å². The van der Waals surface area contributed by atoms with Crippen LogP contribution in [0.5, 0.6) is 0 Å². The van der Waals surface area contributed by atoms with Gasteiger partial charge in [0, 0.05) is 38.5 Å². The lowest BCUT2D eigenvalue weighted by atomic mass is 9.78. The molecular formula is C18H36N2O. The van der Waals surface area contributed by atoms with Crippen LogP contribution in [-0.4, -0.2) is 55.9 Å². The number of hydrogen-bond donors (Lipinski definition) is 0. The van der Waals surface area contributed by atoms with E-state index in [9.17, 15) is 4.79 Å². The van der Waals surface area contributed by atoms with Crippen LogP contribution < -0.4 is 0 Å². The molecule has 3 heteroatoms. The van der Waals surface area contributed by atoms with Crippen molar-refractivity contribution in [1.82, 2.24) is 9.80 Å². The zero-order chi connectivity index (χ0) is 15.8. The van der Waals surface area contributed by atoms with Crippen molar-refractivity contribution in [2.45, 2.75) is 52.9 Å². The van der Waals surface area contributed by atoms with Gasteiger partial charge in [-0.25, -0.2) is 0 Å². The van der Waals surface area contributed by atoms with Crippen LogP contribution in [0.3, 0.4) is 0 Å². The third-order valence-corrected chi connectivity index (χ3v) is 4.53. The van der Waals surface area contributed by atoms with Gasteiger partial charge in [-0.3, -0.25) is 4.79 Å². The fourth-order valence-corrected chi connectivity index (χ4v) is 3.48. The van der Waals surface area contributed by atoms with Gasteiger partial charge in [0.25, 0.3) is 0 Å². The first-order valence-corrected chi connectivity index (χ1v) is 8.82. The Hall–Kier alpha value is -0.410. The number of rotatable bonds is 9. The molecule has 2 atom stereocenters. The maximum Gasteiger partial charge on any atom is 0.137 e. The van der Waals surface area contributed by atoms with Crippen LogP contribution in [0.2, 0.25) is 0 Å². The monoisotopic (exact) mass is 296 g/mol. The highest BCUT2D eigenvalue weighted by molar-refractivity contribution is 5.81. The predicted octanol–water partition coefficient (Wildman–Crippen LogP) is 3.29. The molecule has 1 aliphatic rings. The first-order chi connectivity index (χ1) is 9.92. The number of nitrogens with zero attached hydrogens (tertiary/aromatic N) is 2. The highest BCUT2D eigenvalue weighted by Gasteiger charge is 2.29. The van der Waals surface area contributed by atoms with E-state index in [1.54, 1.807) is 0 Å². The molecule has 0 spiro atoms. The van der Waals surface area contributed by atoms with Gasteiger partial charge >= 0.3 is 0 Å². The molecule has 21 heavy (non-hydrogen) atoms. The van der Waals surface area contributed by atoms with Crippen molar-refractivity contribution in [3.8, 4) is 0 Å². The molecule has 1 rings (SSSR count). The maximum atomic E-state index is 12.3. The van der Waals surface area contributed by atoms with E-state index in [4.69, 9.17) is 0 Å². The van der Waals surface area contributed by atoms with Gasteiger partial charge in [-0.15, -0.1) is 0 Å². The molecule has 1 aliphatic carbocycles. The number of ketones is 1. The second kappa shape index (κ2) is 9.58. The first-order valence-electron chi connectivity index (χ1n) is 8.82. The molecule has 1 saturated carbocycles. The Morgan fingerprint density at radius 2 is 1.95 bits per heavy atom. The largest absolute Gasteiger partial charge is 0.308 e. The van der Waals surface area contributed by atoms with Crippen LogP contribution in [0.15, 0.2) is 0 Å². The van der Waals surface area contributed by atoms with Crippen molar-refractivity contribution in [3.63, 3.8) is 0 Å². The Balaban J connectivity index is 2.55. The number of carbonyl (C=O) groups excluding carboxylic acids is 1. The second-order valence-electron chi connectivity index (χ2n) is 7.55. The van der Waals surface area contributed by atoms with E-state index >= 15 is 0 Å². The molecule has 0 bridgehead atoms. The molecule has 1 fully saturated rings.